The van der Waals surface area contributed by atoms with E-state index in [4.69, 9.17) is 4.74 Å². The van der Waals surface area contributed by atoms with E-state index in [1.165, 1.54) is 16.0 Å². The third kappa shape index (κ3) is 5.69. The Bertz CT molecular complexity index is 686. The smallest absolute Gasteiger partial charge is 0.275 e. The van der Waals surface area contributed by atoms with Gasteiger partial charge < -0.3 is 25.2 Å². The number of quaternary nitrogens is 2. The average Bonchev–Trinajstić information content (AvgIpc) is 3.15. The maximum atomic E-state index is 12.3. The van der Waals surface area contributed by atoms with E-state index in [0.717, 1.165) is 57.9 Å². The van der Waals surface area contributed by atoms with Crippen LogP contribution in [0.3, 0.4) is 0 Å². The van der Waals surface area contributed by atoms with E-state index in [0.29, 0.717) is 13.1 Å². The molecule has 7 nitrogen and oxygen atoms in total. The Kier molecular flexibility index (Phi) is 7.28. The van der Waals surface area contributed by atoms with Crippen LogP contribution < -0.4 is 25.2 Å². The predicted octanol–water partition coefficient (Wildman–Crippen LogP) is -2.06. The number of carbonyl (C=O) groups is 2. The normalized spacial score (nSPS) is 22.1. The lowest BCUT2D eigenvalue weighted by molar-refractivity contribution is -1.02. The van der Waals surface area contributed by atoms with E-state index in [1.807, 2.05) is 6.92 Å². The quantitative estimate of drug-likeness (QED) is 0.412. The van der Waals surface area contributed by atoms with E-state index >= 15 is 0 Å². The lowest BCUT2D eigenvalue weighted by atomic mass is 10.1. The average molecular weight is 391 g/mol. The second-order valence-electron chi connectivity index (χ2n) is 7.97. The van der Waals surface area contributed by atoms with E-state index in [9.17, 15) is 9.59 Å². The van der Waals surface area contributed by atoms with Crippen molar-refractivity contribution in [2.75, 3.05) is 45.9 Å². The molecule has 2 aliphatic rings. The van der Waals surface area contributed by atoms with Gasteiger partial charge in [-0.15, -0.1) is 0 Å². The molecule has 1 atom stereocenters. The minimum atomic E-state index is -0.478. The fourth-order valence-corrected chi connectivity index (χ4v) is 3.94. The molecule has 3 rings (SSSR count). The van der Waals surface area contributed by atoms with Crippen LogP contribution in [0.25, 0.3) is 0 Å². The molecular weight excluding hydrogens is 356 g/mol. The maximum absolute atomic E-state index is 12.3. The fourth-order valence-electron chi connectivity index (χ4n) is 3.94. The Labute approximate surface area is 167 Å². The van der Waals surface area contributed by atoms with Crippen LogP contribution >= 0.6 is 0 Å². The summed E-state index contributed by atoms with van der Waals surface area (Å²) >= 11 is 0. The summed E-state index contributed by atoms with van der Waals surface area (Å²) in [4.78, 5) is 27.0. The summed E-state index contributed by atoms with van der Waals surface area (Å²) in [7, 11) is 0. The summed E-state index contributed by atoms with van der Waals surface area (Å²) < 4.78 is 5.58. The van der Waals surface area contributed by atoms with Gasteiger partial charge >= 0.3 is 0 Å². The number of rotatable bonds is 8. The molecule has 7 heteroatoms. The van der Waals surface area contributed by atoms with Gasteiger partial charge in [0.25, 0.3) is 5.91 Å². The highest BCUT2D eigenvalue weighted by Gasteiger charge is 2.26. The molecule has 2 heterocycles. The van der Waals surface area contributed by atoms with Crippen LogP contribution in [0.2, 0.25) is 0 Å². The van der Waals surface area contributed by atoms with Gasteiger partial charge in [-0.3, -0.25) is 9.59 Å². The SMILES string of the molecule is CCCNC(=O)[C@H](C)NC(=O)C[NH+]1CC[NH+](Cc2ccc3c(c2)CCO3)CC1. The highest BCUT2D eigenvalue weighted by atomic mass is 16.5. The van der Waals surface area contributed by atoms with E-state index < -0.39 is 6.04 Å². The van der Waals surface area contributed by atoms with Crippen molar-refractivity contribution in [1.29, 1.82) is 0 Å². The van der Waals surface area contributed by atoms with Gasteiger partial charge in [0, 0.05) is 18.5 Å². The molecule has 0 unspecified atom stereocenters. The highest BCUT2D eigenvalue weighted by molar-refractivity contribution is 5.87. The van der Waals surface area contributed by atoms with Crippen LogP contribution in [-0.4, -0.2) is 63.7 Å². The molecule has 0 saturated carbocycles. The molecule has 1 aromatic rings. The number of hydrogen-bond donors (Lipinski definition) is 4. The predicted molar refractivity (Wildman–Crippen MR) is 107 cm³/mol. The van der Waals surface area contributed by atoms with Crippen molar-refractivity contribution in [2.24, 2.45) is 0 Å². The number of carbonyl (C=O) groups excluding carboxylic acids is 2. The first-order valence-electron chi connectivity index (χ1n) is 10.5. The van der Waals surface area contributed by atoms with Crippen molar-refractivity contribution in [2.45, 2.75) is 39.3 Å². The molecule has 2 amide bonds. The third-order valence-electron chi connectivity index (χ3n) is 5.60. The zero-order chi connectivity index (χ0) is 19.9. The molecule has 0 bridgehead atoms. The zero-order valence-corrected chi connectivity index (χ0v) is 17.1. The highest BCUT2D eigenvalue weighted by Crippen LogP contribution is 2.25. The molecule has 1 fully saturated rings. The molecule has 0 aromatic heterocycles. The molecule has 0 spiro atoms. The molecule has 28 heavy (non-hydrogen) atoms. The molecule has 0 aliphatic carbocycles. The first-order chi connectivity index (χ1) is 13.5. The third-order valence-corrected chi connectivity index (χ3v) is 5.60. The van der Waals surface area contributed by atoms with Crippen LogP contribution in [0.1, 0.15) is 31.4 Å². The molecule has 154 valence electrons. The zero-order valence-electron chi connectivity index (χ0n) is 17.1. The van der Waals surface area contributed by atoms with Gasteiger partial charge in [0.2, 0.25) is 5.91 Å². The Balaban J connectivity index is 1.38. The lowest BCUT2D eigenvalue weighted by Crippen LogP contribution is -3.28. The van der Waals surface area contributed by atoms with Crippen LogP contribution in [0, 0.1) is 0 Å². The largest absolute Gasteiger partial charge is 0.493 e. The van der Waals surface area contributed by atoms with Crippen molar-refractivity contribution in [3.8, 4) is 5.75 Å². The van der Waals surface area contributed by atoms with Crippen LogP contribution in [-0.2, 0) is 22.6 Å². The van der Waals surface area contributed by atoms with E-state index in [2.05, 4.69) is 28.8 Å². The minimum absolute atomic E-state index is 0.0452. The second-order valence-corrected chi connectivity index (χ2v) is 7.97. The first-order valence-corrected chi connectivity index (χ1v) is 10.5. The van der Waals surface area contributed by atoms with Crippen LogP contribution in [0.5, 0.6) is 5.75 Å². The number of fused-ring (bicyclic) bond motifs is 1. The van der Waals surface area contributed by atoms with Gasteiger partial charge in [0.1, 0.15) is 44.5 Å². The Morgan fingerprint density at radius 2 is 1.93 bits per heavy atom. The van der Waals surface area contributed by atoms with Gasteiger partial charge in [-0.1, -0.05) is 6.92 Å². The topological polar surface area (TPSA) is 76.3 Å². The van der Waals surface area contributed by atoms with Crippen LogP contribution in [0.15, 0.2) is 18.2 Å². The molecule has 2 aliphatic heterocycles. The number of benzene rings is 1. The number of amides is 2. The number of ether oxygens (including phenoxy) is 1. The molecular formula is C21H34N4O3+2. The van der Waals surface area contributed by atoms with E-state index in [-0.39, 0.29) is 11.8 Å². The van der Waals surface area contributed by atoms with Crippen molar-refractivity contribution >= 4 is 11.8 Å². The van der Waals surface area contributed by atoms with Gasteiger partial charge in [-0.25, -0.2) is 0 Å². The molecule has 0 radical (unpaired) electrons. The van der Waals surface area contributed by atoms with E-state index in [1.54, 1.807) is 11.8 Å². The lowest BCUT2D eigenvalue weighted by Gasteiger charge is -2.29. The summed E-state index contributed by atoms with van der Waals surface area (Å²) in [5.41, 5.74) is 2.70. The summed E-state index contributed by atoms with van der Waals surface area (Å²) in [5, 5.41) is 5.63. The number of hydrogen-bond acceptors (Lipinski definition) is 3. The molecule has 4 N–H and O–H groups in total. The standard InChI is InChI=1S/C21H32N4O3/c1-3-7-22-21(27)16(2)23-20(26)15-25-10-8-24(9-11-25)14-17-4-5-19-18(13-17)6-12-28-19/h4-5,13,16H,3,6-12,14-15H2,1-2H3,(H,22,27)(H,23,26)/p+2/t16-/m0/s1. The first kappa shape index (κ1) is 20.6. The Hall–Kier alpha value is -2.12. The maximum Gasteiger partial charge on any atom is 0.275 e. The van der Waals surface area contributed by atoms with Gasteiger partial charge in [-0.05, 0) is 37.1 Å². The Morgan fingerprint density at radius 3 is 2.68 bits per heavy atom. The van der Waals surface area contributed by atoms with Crippen LogP contribution in [0.4, 0.5) is 0 Å². The van der Waals surface area contributed by atoms with Crippen molar-refractivity contribution in [3.63, 3.8) is 0 Å². The van der Waals surface area contributed by atoms with Gasteiger partial charge in [0.15, 0.2) is 6.54 Å². The molecule has 1 saturated heterocycles. The Morgan fingerprint density at radius 1 is 1.18 bits per heavy atom. The van der Waals surface area contributed by atoms with Crippen molar-refractivity contribution in [3.05, 3.63) is 29.3 Å². The van der Waals surface area contributed by atoms with Gasteiger partial charge in [0.05, 0.1) is 6.61 Å². The van der Waals surface area contributed by atoms with Gasteiger partial charge in [-0.2, -0.15) is 0 Å². The number of piperazine rings is 1. The summed E-state index contributed by atoms with van der Waals surface area (Å²) in [6, 6.07) is 6.08. The number of nitrogens with one attached hydrogen (secondary N) is 4. The summed E-state index contributed by atoms with van der Waals surface area (Å²) in [6.07, 6.45) is 1.91. The second kappa shape index (κ2) is 9.89. The summed E-state index contributed by atoms with van der Waals surface area (Å²) in [6.45, 7) is 10.7. The molecule has 1 aromatic carbocycles. The minimum Gasteiger partial charge on any atom is -0.493 e. The van der Waals surface area contributed by atoms with Crippen molar-refractivity contribution < 1.29 is 24.1 Å². The monoisotopic (exact) mass is 390 g/mol. The van der Waals surface area contributed by atoms with Crippen molar-refractivity contribution in [1.82, 2.24) is 10.6 Å². The summed E-state index contributed by atoms with van der Waals surface area (Å²) in [5.74, 6) is 0.882. The fraction of sp³-hybridized carbons (Fsp3) is 0.619.